The summed E-state index contributed by atoms with van der Waals surface area (Å²) < 4.78 is 12.1. The Hall–Kier alpha value is -0.740. The third-order valence-electron chi connectivity index (χ3n) is 4.04. The van der Waals surface area contributed by atoms with Gasteiger partial charge in [0.05, 0.1) is 5.60 Å². The van der Waals surface area contributed by atoms with Gasteiger partial charge in [0.2, 0.25) is 0 Å². The highest BCUT2D eigenvalue weighted by atomic mass is 32.2. The van der Waals surface area contributed by atoms with Crippen LogP contribution in [-0.4, -0.2) is 24.8 Å². The van der Waals surface area contributed by atoms with Gasteiger partial charge in [0.15, 0.2) is 0 Å². The standard InChI is InChI=1S/C13H17NO2S/c15-13(10-3-2-6-14-9-10)7-11-4-1-5-12(8-13)17(11)16/h2-3,6,9,11-12,15H,1,4-5,7-8H2. The monoisotopic (exact) mass is 251 g/mol. The van der Waals surface area contributed by atoms with Crippen LogP contribution in [0.1, 0.15) is 37.7 Å². The Bertz CT molecular complexity index is 418. The van der Waals surface area contributed by atoms with E-state index in [1.807, 2.05) is 12.1 Å². The van der Waals surface area contributed by atoms with Gasteiger partial charge in [0.25, 0.3) is 0 Å². The first-order valence-electron chi connectivity index (χ1n) is 6.21. The minimum absolute atomic E-state index is 0.174. The van der Waals surface area contributed by atoms with Gasteiger partial charge in [0.1, 0.15) is 0 Å². The molecule has 3 nitrogen and oxygen atoms in total. The smallest absolute Gasteiger partial charge is 0.0934 e. The van der Waals surface area contributed by atoms with Crippen LogP contribution in [0.4, 0.5) is 0 Å². The Morgan fingerprint density at radius 1 is 1.35 bits per heavy atom. The average molecular weight is 251 g/mol. The van der Waals surface area contributed by atoms with Crippen LogP contribution in [-0.2, 0) is 16.4 Å². The summed E-state index contributed by atoms with van der Waals surface area (Å²) >= 11 is 0. The molecule has 0 aromatic carbocycles. The zero-order valence-electron chi connectivity index (χ0n) is 9.71. The summed E-state index contributed by atoms with van der Waals surface area (Å²) in [6.45, 7) is 0. The van der Waals surface area contributed by atoms with Crippen molar-refractivity contribution in [2.45, 2.75) is 48.2 Å². The van der Waals surface area contributed by atoms with Gasteiger partial charge >= 0.3 is 0 Å². The van der Waals surface area contributed by atoms with Crippen molar-refractivity contribution in [3.8, 4) is 0 Å². The number of hydrogen-bond donors (Lipinski definition) is 1. The predicted octanol–water partition coefficient (Wildman–Crippen LogP) is 1.73. The molecule has 0 aliphatic carbocycles. The molecule has 3 rings (SSSR count). The van der Waals surface area contributed by atoms with Crippen LogP contribution in [0.15, 0.2) is 24.5 Å². The second kappa shape index (κ2) is 4.18. The zero-order chi connectivity index (χ0) is 11.9. The molecule has 2 atom stereocenters. The molecule has 2 unspecified atom stereocenters. The van der Waals surface area contributed by atoms with E-state index >= 15 is 0 Å². The molecular weight excluding hydrogens is 234 g/mol. The Labute approximate surface area is 104 Å². The van der Waals surface area contributed by atoms with Gasteiger partial charge in [-0.3, -0.25) is 9.19 Å². The minimum Gasteiger partial charge on any atom is -0.385 e. The number of aromatic nitrogens is 1. The molecule has 2 aliphatic heterocycles. The number of fused-ring (bicyclic) bond motifs is 2. The molecule has 1 aromatic heterocycles. The quantitative estimate of drug-likeness (QED) is 0.827. The molecule has 0 spiro atoms. The molecule has 2 fully saturated rings. The predicted molar refractivity (Wildman–Crippen MR) is 66.9 cm³/mol. The van der Waals surface area contributed by atoms with Crippen molar-refractivity contribution in [3.05, 3.63) is 30.1 Å². The fourth-order valence-electron chi connectivity index (χ4n) is 3.16. The van der Waals surface area contributed by atoms with Gasteiger partial charge < -0.3 is 5.11 Å². The van der Waals surface area contributed by atoms with E-state index in [0.717, 1.165) is 24.8 Å². The third-order valence-corrected chi connectivity index (χ3v) is 6.16. The second-order valence-corrected chi connectivity index (χ2v) is 7.18. The zero-order valence-corrected chi connectivity index (χ0v) is 10.5. The van der Waals surface area contributed by atoms with Crippen molar-refractivity contribution in [3.63, 3.8) is 0 Å². The van der Waals surface area contributed by atoms with Gasteiger partial charge in [-0.15, -0.1) is 0 Å². The van der Waals surface area contributed by atoms with Crippen LogP contribution < -0.4 is 0 Å². The Balaban J connectivity index is 1.92. The van der Waals surface area contributed by atoms with E-state index in [1.54, 1.807) is 12.4 Å². The Kier molecular flexibility index (Phi) is 2.79. The van der Waals surface area contributed by atoms with Gasteiger partial charge in [-0.2, -0.15) is 0 Å². The van der Waals surface area contributed by atoms with Crippen LogP contribution in [0.5, 0.6) is 0 Å². The van der Waals surface area contributed by atoms with E-state index in [-0.39, 0.29) is 10.5 Å². The number of pyridine rings is 1. The summed E-state index contributed by atoms with van der Waals surface area (Å²) in [6, 6.07) is 3.78. The van der Waals surface area contributed by atoms with Crippen molar-refractivity contribution >= 4 is 10.8 Å². The maximum atomic E-state index is 12.1. The van der Waals surface area contributed by atoms with E-state index in [9.17, 15) is 9.32 Å². The lowest BCUT2D eigenvalue weighted by molar-refractivity contribution is 0.00624. The molecule has 2 bridgehead atoms. The highest BCUT2D eigenvalue weighted by molar-refractivity contribution is 7.86. The summed E-state index contributed by atoms with van der Waals surface area (Å²) in [6.07, 6.45) is 7.85. The largest absolute Gasteiger partial charge is 0.385 e. The van der Waals surface area contributed by atoms with Crippen molar-refractivity contribution in [2.24, 2.45) is 0 Å². The molecule has 3 heterocycles. The number of rotatable bonds is 1. The number of nitrogens with zero attached hydrogens (tertiary/aromatic N) is 1. The molecule has 2 aliphatic rings. The fourth-order valence-corrected chi connectivity index (χ4v) is 5.38. The summed E-state index contributed by atoms with van der Waals surface area (Å²) in [5.41, 5.74) is 0.0753. The van der Waals surface area contributed by atoms with E-state index in [0.29, 0.717) is 12.8 Å². The summed E-state index contributed by atoms with van der Waals surface area (Å²) in [4.78, 5) is 4.08. The normalized spacial score (nSPS) is 41.1. The van der Waals surface area contributed by atoms with Gasteiger partial charge in [0, 0.05) is 39.3 Å². The van der Waals surface area contributed by atoms with Crippen LogP contribution in [0.3, 0.4) is 0 Å². The van der Waals surface area contributed by atoms with Gasteiger partial charge in [-0.25, -0.2) is 0 Å². The van der Waals surface area contributed by atoms with Crippen LogP contribution >= 0.6 is 0 Å². The van der Waals surface area contributed by atoms with Crippen molar-refractivity contribution in [1.82, 2.24) is 4.98 Å². The first kappa shape index (κ1) is 11.4. The van der Waals surface area contributed by atoms with E-state index in [1.165, 1.54) is 0 Å². The lowest BCUT2D eigenvalue weighted by Gasteiger charge is -2.43. The van der Waals surface area contributed by atoms with E-state index in [2.05, 4.69) is 4.98 Å². The molecule has 0 saturated carbocycles. The highest BCUT2D eigenvalue weighted by Crippen LogP contribution is 2.44. The number of aliphatic hydroxyl groups is 1. The van der Waals surface area contributed by atoms with Crippen molar-refractivity contribution in [2.75, 3.05) is 0 Å². The topological polar surface area (TPSA) is 50.2 Å². The SMILES string of the molecule is O=S1C2CCCC1CC(O)(c1cccnc1)C2. The third kappa shape index (κ3) is 1.93. The first-order chi connectivity index (χ1) is 8.19. The minimum atomic E-state index is -0.808. The van der Waals surface area contributed by atoms with E-state index < -0.39 is 16.4 Å². The van der Waals surface area contributed by atoms with Crippen molar-refractivity contribution in [1.29, 1.82) is 0 Å². The van der Waals surface area contributed by atoms with Crippen LogP contribution in [0.2, 0.25) is 0 Å². The first-order valence-corrected chi connectivity index (χ1v) is 7.49. The highest BCUT2D eigenvalue weighted by Gasteiger charge is 2.46. The molecule has 0 amide bonds. The second-order valence-electron chi connectivity index (χ2n) is 5.18. The lowest BCUT2D eigenvalue weighted by Crippen LogP contribution is -2.47. The molecule has 4 heteroatoms. The van der Waals surface area contributed by atoms with E-state index in [4.69, 9.17) is 0 Å². The molecule has 92 valence electrons. The van der Waals surface area contributed by atoms with Crippen molar-refractivity contribution < 1.29 is 9.32 Å². The lowest BCUT2D eigenvalue weighted by atomic mass is 9.81. The maximum Gasteiger partial charge on any atom is 0.0934 e. The van der Waals surface area contributed by atoms with Crippen LogP contribution in [0.25, 0.3) is 0 Å². The fraction of sp³-hybridized carbons (Fsp3) is 0.615. The number of hydrogen-bond acceptors (Lipinski definition) is 3. The Morgan fingerprint density at radius 2 is 2.06 bits per heavy atom. The Morgan fingerprint density at radius 3 is 2.65 bits per heavy atom. The molecule has 17 heavy (non-hydrogen) atoms. The molecule has 1 aromatic rings. The van der Waals surface area contributed by atoms with Gasteiger partial charge in [-0.1, -0.05) is 12.5 Å². The average Bonchev–Trinajstić information content (AvgIpc) is 2.33. The summed E-state index contributed by atoms with van der Waals surface area (Å²) in [5.74, 6) is 0. The molecule has 1 N–H and O–H groups in total. The van der Waals surface area contributed by atoms with Crippen LogP contribution in [0, 0.1) is 0 Å². The maximum absolute atomic E-state index is 12.1. The summed E-state index contributed by atoms with van der Waals surface area (Å²) in [5, 5.41) is 11.1. The molecular formula is C13H17NO2S. The molecule has 0 radical (unpaired) electrons. The summed E-state index contributed by atoms with van der Waals surface area (Å²) in [7, 11) is -0.737. The van der Waals surface area contributed by atoms with Gasteiger partial charge in [-0.05, 0) is 31.7 Å². The molecule has 2 saturated heterocycles.